The Hall–Kier alpha value is -1.62. The van der Waals surface area contributed by atoms with Crippen molar-refractivity contribution >= 4 is 11.8 Å². The van der Waals surface area contributed by atoms with Crippen molar-refractivity contribution in [3.05, 3.63) is 23.9 Å². The fourth-order valence-electron chi connectivity index (χ4n) is 2.63. The van der Waals surface area contributed by atoms with Crippen LogP contribution in [0.3, 0.4) is 0 Å². The number of aromatic nitrogens is 1. The topological polar surface area (TPSA) is 54.5 Å². The molecule has 0 amide bonds. The number of hydrazine groups is 1. The Bertz CT molecular complexity index is 454. The Morgan fingerprint density at radius 1 is 1.45 bits per heavy atom. The summed E-state index contributed by atoms with van der Waals surface area (Å²) < 4.78 is 5.07. The Labute approximate surface area is 120 Å². The molecule has 110 valence electrons. The SMILES string of the molecule is CCOC(=O)c1cccnc1NN1C(C)CCCC1C. The molecule has 2 rings (SSSR count). The first-order chi connectivity index (χ1) is 9.63. The van der Waals surface area contributed by atoms with Crippen LogP contribution in [-0.4, -0.2) is 34.7 Å². The molecule has 2 heterocycles. The third kappa shape index (κ3) is 3.28. The lowest BCUT2D eigenvalue weighted by Crippen LogP contribution is -2.47. The molecule has 0 aromatic carbocycles. The fraction of sp³-hybridized carbons (Fsp3) is 0.600. The van der Waals surface area contributed by atoms with Gasteiger partial charge in [-0.15, -0.1) is 0 Å². The van der Waals surface area contributed by atoms with Gasteiger partial charge in [0.05, 0.1) is 6.61 Å². The number of anilines is 1. The Morgan fingerprint density at radius 2 is 2.15 bits per heavy atom. The minimum Gasteiger partial charge on any atom is -0.462 e. The zero-order valence-corrected chi connectivity index (χ0v) is 12.4. The second-order valence-electron chi connectivity index (χ2n) is 5.27. The second-order valence-corrected chi connectivity index (χ2v) is 5.27. The average molecular weight is 277 g/mol. The van der Waals surface area contributed by atoms with Crippen LogP contribution in [-0.2, 0) is 4.74 Å². The standard InChI is InChI=1S/C15H23N3O2/c1-4-20-15(19)13-9-6-10-16-14(13)17-18-11(2)7-5-8-12(18)3/h6,9-12H,4-5,7-8H2,1-3H3,(H,16,17). The summed E-state index contributed by atoms with van der Waals surface area (Å²) in [6.07, 6.45) is 5.23. The maximum atomic E-state index is 11.9. The van der Waals surface area contributed by atoms with Gasteiger partial charge in [-0.3, -0.25) is 0 Å². The van der Waals surface area contributed by atoms with Crippen molar-refractivity contribution in [1.82, 2.24) is 9.99 Å². The number of hydrogen-bond acceptors (Lipinski definition) is 5. The molecule has 1 aromatic heterocycles. The quantitative estimate of drug-likeness (QED) is 0.858. The molecule has 5 nitrogen and oxygen atoms in total. The summed E-state index contributed by atoms with van der Waals surface area (Å²) in [5.74, 6) is 0.243. The predicted octanol–water partition coefficient (Wildman–Crippen LogP) is 2.85. The molecule has 2 unspecified atom stereocenters. The zero-order chi connectivity index (χ0) is 14.5. The van der Waals surface area contributed by atoms with Crippen LogP contribution in [0.1, 0.15) is 50.4 Å². The van der Waals surface area contributed by atoms with Crippen LogP contribution < -0.4 is 5.43 Å². The molecule has 1 N–H and O–H groups in total. The van der Waals surface area contributed by atoms with E-state index in [-0.39, 0.29) is 5.97 Å². The molecular weight excluding hydrogens is 254 g/mol. The molecule has 1 saturated heterocycles. The monoisotopic (exact) mass is 277 g/mol. The number of piperidine rings is 1. The number of nitrogens with zero attached hydrogens (tertiary/aromatic N) is 2. The van der Waals surface area contributed by atoms with Crippen molar-refractivity contribution in [2.75, 3.05) is 12.0 Å². The van der Waals surface area contributed by atoms with Crippen molar-refractivity contribution in [2.45, 2.75) is 52.1 Å². The van der Waals surface area contributed by atoms with E-state index in [0.29, 0.717) is 30.1 Å². The van der Waals surface area contributed by atoms with Crippen LogP contribution in [0.4, 0.5) is 5.82 Å². The van der Waals surface area contributed by atoms with Gasteiger partial charge in [-0.1, -0.05) is 6.42 Å². The van der Waals surface area contributed by atoms with Gasteiger partial charge in [-0.25, -0.2) is 14.8 Å². The van der Waals surface area contributed by atoms with Gasteiger partial charge in [0.25, 0.3) is 0 Å². The highest BCUT2D eigenvalue weighted by Gasteiger charge is 2.26. The molecular formula is C15H23N3O2. The third-order valence-corrected chi connectivity index (χ3v) is 3.73. The highest BCUT2D eigenvalue weighted by molar-refractivity contribution is 5.94. The van der Waals surface area contributed by atoms with Gasteiger partial charge in [0.1, 0.15) is 5.56 Å². The lowest BCUT2D eigenvalue weighted by atomic mass is 10.00. The number of hydrogen-bond donors (Lipinski definition) is 1. The lowest BCUT2D eigenvalue weighted by Gasteiger charge is -2.39. The molecule has 0 spiro atoms. The van der Waals surface area contributed by atoms with Gasteiger partial charge >= 0.3 is 5.97 Å². The smallest absolute Gasteiger partial charge is 0.341 e. The van der Waals surface area contributed by atoms with E-state index in [9.17, 15) is 4.79 Å². The highest BCUT2D eigenvalue weighted by Crippen LogP contribution is 2.24. The first-order valence-corrected chi connectivity index (χ1v) is 7.30. The van der Waals surface area contributed by atoms with E-state index >= 15 is 0 Å². The third-order valence-electron chi connectivity index (χ3n) is 3.73. The van der Waals surface area contributed by atoms with E-state index in [2.05, 4.69) is 29.3 Å². The zero-order valence-electron chi connectivity index (χ0n) is 12.4. The van der Waals surface area contributed by atoms with Crippen molar-refractivity contribution in [2.24, 2.45) is 0 Å². The Morgan fingerprint density at radius 3 is 2.80 bits per heavy atom. The first-order valence-electron chi connectivity index (χ1n) is 7.30. The van der Waals surface area contributed by atoms with Crippen LogP contribution in [0.2, 0.25) is 0 Å². The average Bonchev–Trinajstić information content (AvgIpc) is 2.44. The van der Waals surface area contributed by atoms with E-state index in [1.54, 1.807) is 25.3 Å². The van der Waals surface area contributed by atoms with E-state index < -0.39 is 0 Å². The molecule has 0 aliphatic carbocycles. The van der Waals surface area contributed by atoms with Crippen LogP contribution in [0.25, 0.3) is 0 Å². The molecule has 1 fully saturated rings. The van der Waals surface area contributed by atoms with Crippen molar-refractivity contribution in [1.29, 1.82) is 0 Å². The Balaban J connectivity index is 2.18. The number of nitrogens with one attached hydrogen (secondary N) is 1. The van der Waals surface area contributed by atoms with E-state index in [4.69, 9.17) is 4.74 Å². The van der Waals surface area contributed by atoms with Crippen LogP contribution in [0, 0.1) is 0 Å². The van der Waals surface area contributed by atoms with Gasteiger partial charge in [-0.2, -0.15) is 0 Å². The van der Waals surface area contributed by atoms with Crippen molar-refractivity contribution in [3.63, 3.8) is 0 Å². The molecule has 5 heteroatoms. The highest BCUT2D eigenvalue weighted by atomic mass is 16.5. The van der Waals surface area contributed by atoms with Gasteiger partial charge in [0, 0.05) is 18.3 Å². The molecule has 2 atom stereocenters. The van der Waals surface area contributed by atoms with E-state index in [1.165, 1.54) is 6.42 Å². The van der Waals surface area contributed by atoms with Crippen molar-refractivity contribution in [3.8, 4) is 0 Å². The van der Waals surface area contributed by atoms with Crippen LogP contribution in [0.15, 0.2) is 18.3 Å². The molecule has 20 heavy (non-hydrogen) atoms. The summed E-state index contributed by atoms with van der Waals surface area (Å²) in [6, 6.07) is 4.35. The Kier molecular flexibility index (Phi) is 4.95. The van der Waals surface area contributed by atoms with Gasteiger partial charge in [-0.05, 0) is 45.7 Å². The second kappa shape index (κ2) is 6.70. The van der Waals surface area contributed by atoms with Gasteiger partial charge in [0.15, 0.2) is 5.82 Å². The van der Waals surface area contributed by atoms with Gasteiger partial charge < -0.3 is 10.2 Å². The van der Waals surface area contributed by atoms with E-state index in [1.807, 2.05) is 0 Å². The molecule has 1 aliphatic heterocycles. The predicted molar refractivity (Wildman–Crippen MR) is 78.4 cm³/mol. The van der Waals surface area contributed by atoms with Crippen LogP contribution in [0.5, 0.6) is 0 Å². The number of ether oxygens (including phenoxy) is 1. The number of rotatable bonds is 4. The summed E-state index contributed by atoms with van der Waals surface area (Å²) in [5.41, 5.74) is 3.80. The molecule has 0 bridgehead atoms. The lowest BCUT2D eigenvalue weighted by molar-refractivity contribution is 0.0525. The summed E-state index contributed by atoms with van der Waals surface area (Å²) in [5, 5.41) is 2.19. The summed E-state index contributed by atoms with van der Waals surface area (Å²) in [6.45, 7) is 6.55. The fourth-order valence-corrected chi connectivity index (χ4v) is 2.63. The molecule has 1 aromatic rings. The van der Waals surface area contributed by atoms with Gasteiger partial charge in [0.2, 0.25) is 0 Å². The van der Waals surface area contributed by atoms with Crippen LogP contribution >= 0.6 is 0 Å². The largest absolute Gasteiger partial charge is 0.462 e. The summed E-state index contributed by atoms with van der Waals surface area (Å²) >= 11 is 0. The minimum atomic E-state index is -0.333. The van der Waals surface area contributed by atoms with Crippen molar-refractivity contribution < 1.29 is 9.53 Å². The number of esters is 1. The summed E-state index contributed by atoms with van der Waals surface area (Å²) in [7, 11) is 0. The minimum absolute atomic E-state index is 0.333. The first kappa shape index (κ1) is 14.8. The number of carbonyl (C=O) groups is 1. The molecule has 0 radical (unpaired) electrons. The molecule has 0 saturated carbocycles. The summed E-state index contributed by atoms with van der Waals surface area (Å²) in [4.78, 5) is 16.2. The maximum absolute atomic E-state index is 11.9. The normalized spacial score (nSPS) is 23.4. The number of pyridine rings is 1. The van der Waals surface area contributed by atoms with E-state index in [0.717, 1.165) is 12.8 Å². The molecule has 1 aliphatic rings. The maximum Gasteiger partial charge on any atom is 0.341 e. The number of carbonyl (C=O) groups excluding carboxylic acids is 1.